The topological polar surface area (TPSA) is 55.4 Å². The minimum atomic E-state index is -4.63. The molecule has 2 rings (SSSR count). The van der Waals surface area contributed by atoms with Gasteiger partial charge in [-0.2, -0.15) is 13.2 Å². The number of hydrogen-bond acceptors (Lipinski definition) is 3. The average Bonchev–Trinajstić information content (AvgIpc) is 2.65. The number of hydrogen-bond donors (Lipinski definition) is 1. The van der Waals surface area contributed by atoms with Gasteiger partial charge in [0.25, 0.3) is 0 Å². The molecule has 0 atom stereocenters. The van der Waals surface area contributed by atoms with E-state index in [0.717, 1.165) is 17.7 Å². The first-order chi connectivity index (χ1) is 13.3. The van der Waals surface area contributed by atoms with E-state index in [2.05, 4.69) is 5.32 Å². The highest BCUT2D eigenvalue weighted by Crippen LogP contribution is 2.36. The van der Waals surface area contributed by atoms with Gasteiger partial charge in [-0.1, -0.05) is 41.9 Å². The molecule has 28 heavy (non-hydrogen) atoms. The summed E-state index contributed by atoms with van der Waals surface area (Å²) in [4.78, 5) is 23.6. The van der Waals surface area contributed by atoms with Gasteiger partial charge >= 0.3 is 12.1 Å². The van der Waals surface area contributed by atoms with Crippen molar-refractivity contribution in [3.63, 3.8) is 0 Å². The zero-order valence-electron chi connectivity index (χ0n) is 14.9. The molecule has 4 nitrogen and oxygen atoms in total. The molecule has 0 aliphatic heterocycles. The van der Waals surface area contributed by atoms with E-state index in [4.69, 9.17) is 16.3 Å². The first kappa shape index (κ1) is 21.8. The number of rotatable bonds is 8. The molecular formula is C20H19ClF3NO3. The number of esters is 1. The second-order valence-corrected chi connectivity index (χ2v) is 6.53. The number of nitrogens with one attached hydrogen (secondary N) is 1. The molecule has 0 unspecified atom stereocenters. The Bertz CT molecular complexity index is 810. The molecule has 0 saturated carbocycles. The normalized spacial score (nSPS) is 11.1. The minimum absolute atomic E-state index is 0.00805. The molecular weight excluding hydrogens is 395 g/mol. The van der Waals surface area contributed by atoms with Gasteiger partial charge in [0.2, 0.25) is 5.91 Å². The lowest BCUT2D eigenvalue weighted by molar-refractivity contribution is -0.145. The molecule has 0 bridgehead atoms. The van der Waals surface area contributed by atoms with Crippen LogP contribution in [0.4, 0.5) is 18.9 Å². The van der Waals surface area contributed by atoms with Crippen LogP contribution in [0, 0.1) is 0 Å². The van der Waals surface area contributed by atoms with Crippen LogP contribution >= 0.6 is 11.6 Å². The van der Waals surface area contributed by atoms with Crippen molar-refractivity contribution in [2.45, 2.75) is 38.5 Å². The number of carbonyl (C=O) groups excluding carboxylic acids is 2. The van der Waals surface area contributed by atoms with Crippen LogP contribution in [-0.4, -0.2) is 11.9 Å². The van der Waals surface area contributed by atoms with E-state index in [0.29, 0.717) is 12.8 Å². The zero-order valence-corrected chi connectivity index (χ0v) is 15.6. The Kier molecular flexibility index (Phi) is 7.87. The molecule has 0 saturated heterocycles. The smallest absolute Gasteiger partial charge is 0.418 e. The molecule has 0 aliphatic carbocycles. The van der Waals surface area contributed by atoms with Crippen molar-refractivity contribution in [3.8, 4) is 0 Å². The summed E-state index contributed by atoms with van der Waals surface area (Å²) in [6.45, 7) is 0.178. The van der Waals surface area contributed by atoms with Crippen LogP contribution in [0.3, 0.4) is 0 Å². The van der Waals surface area contributed by atoms with Crippen LogP contribution in [0.5, 0.6) is 0 Å². The van der Waals surface area contributed by atoms with Crippen LogP contribution in [-0.2, 0) is 27.1 Å². The van der Waals surface area contributed by atoms with E-state index in [1.54, 1.807) is 0 Å². The average molecular weight is 414 g/mol. The van der Waals surface area contributed by atoms with Crippen LogP contribution in [0.2, 0.25) is 5.02 Å². The van der Waals surface area contributed by atoms with Crippen molar-refractivity contribution in [3.05, 3.63) is 64.7 Å². The van der Waals surface area contributed by atoms with E-state index in [9.17, 15) is 22.8 Å². The zero-order chi connectivity index (χ0) is 20.6. The summed E-state index contributed by atoms with van der Waals surface area (Å²) in [5.41, 5.74) is -0.472. The number of benzene rings is 2. The third-order valence-electron chi connectivity index (χ3n) is 3.84. The second kappa shape index (κ2) is 10.1. The summed E-state index contributed by atoms with van der Waals surface area (Å²) < 4.78 is 44.1. The minimum Gasteiger partial charge on any atom is -0.461 e. The fourth-order valence-electron chi connectivity index (χ4n) is 2.44. The molecule has 0 aromatic heterocycles. The van der Waals surface area contributed by atoms with Crippen molar-refractivity contribution in [2.75, 3.05) is 5.32 Å². The van der Waals surface area contributed by atoms with Gasteiger partial charge in [-0.15, -0.1) is 0 Å². The van der Waals surface area contributed by atoms with Crippen LogP contribution < -0.4 is 5.32 Å². The predicted molar refractivity (Wildman–Crippen MR) is 99.8 cm³/mol. The van der Waals surface area contributed by atoms with Crippen molar-refractivity contribution in [1.29, 1.82) is 0 Å². The Morgan fingerprint density at radius 3 is 2.36 bits per heavy atom. The lowest BCUT2D eigenvalue weighted by Gasteiger charge is -2.14. The maximum absolute atomic E-state index is 13.0. The number of carbonyl (C=O) groups is 2. The van der Waals surface area contributed by atoms with Crippen molar-refractivity contribution in [2.24, 2.45) is 0 Å². The quantitative estimate of drug-likeness (QED) is 0.452. The highest BCUT2D eigenvalue weighted by molar-refractivity contribution is 6.30. The molecule has 0 fully saturated rings. The lowest BCUT2D eigenvalue weighted by Crippen LogP contribution is -2.16. The van der Waals surface area contributed by atoms with E-state index in [-0.39, 0.29) is 36.1 Å². The molecule has 0 aliphatic rings. The second-order valence-electron chi connectivity index (χ2n) is 6.09. The third kappa shape index (κ3) is 7.23. The maximum Gasteiger partial charge on any atom is 0.418 e. The van der Waals surface area contributed by atoms with Gasteiger partial charge < -0.3 is 10.1 Å². The Labute approximate surface area is 165 Å². The molecule has 1 amide bonds. The molecule has 0 spiro atoms. The summed E-state index contributed by atoms with van der Waals surface area (Å²) in [7, 11) is 0. The number of anilines is 1. The largest absolute Gasteiger partial charge is 0.461 e. The summed E-state index contributed by atoms with van der Waals surface area (Å²) >= 11 is 5.60. The Morgan fingerprint density at radius 1 is 1.00 bits per heavy atom. The molecule has 2 aromatic carbocycles. The standard InChI is InChI=1S/C20H19ClF3NO3/c21-15-10-11-17(16(12-15)20(22,23)24)25-18(26)8-4-5-9-19(27)28-13-14-6-2-1-3-7-14/h1-3,6-7,10-12H,4-5,8-9,13H2,(H,25,26). The summed E-state index contributed by atoms with van der Waals surface area (Å²) in [5.74, 6) is -0.952. The number of unbranched alkanes of at least 4 members (excludes halogenated alkanes) is 1. The summed E-state index contributed by atoms with van der Waals surface area (Å²) in [6.07, 6.45) is -3.76. The monoisotopic (exact) mass is 413 g/mol. The summed E-state index contributed by atoms with van der Waals surface area (Å²) in [6, 6.07) is 12.4. The number of alkyl halides is 3. The summed E-state index contributed by atoms with van der Waals surface area (Å²) in [5, 5.41) is 2.18. The first-order valence-electron chi connectivity index (χ1n) is 8.62. The molecule has 1 N–H and O–H groups in total. The SMILES string of the molecule is O=C(CCCCC(=O)OCc1ccccc1)Nc1ccc(Cl)cc1C(F)(F)F. The van der Waals surface area contributed by atoms with Gasteiger partial charge in [0.05, 0.1) is 11.3 Å². The van der Waals surface area contributed by atoms with E-state index in [1.807, 2.05) is 30.3 Å². The first-order valence-corrected chi connectivity index (χ1v) is 8.99. The molecule has 2 aromatic rings. The van der Waals surface area contributed by atoms with Gasteiger partial charge in [-0.25, -0.2) is 0 Å². The van der Waals surface area contributed by atoms with Gasteiger partial charge in [0, 0.05) is 17.9 Å². The molecule has 0 heterocycles. The van der Waals surface area contributed by atoms with Gasteiger partial charge in [0.1, 0.15) is 6.61 Å². The Morgan fingerprint density at radius 2 is 1.68 bits per heavy atom. The van der Waals surface area contributed by atoms with Crippen LogP contribution in [0.25, 0.3) is 0 Å². The fraction of sp³-hybridized carbons (Fsp3) is 0.300. The van der Waals surface area contributed by atoms with Crippen LogP contribution in [0.15, 0.2) is 48.5 Å². The molecule has 0 radical (unpaired) electrons. The maximum atomic E-state index is 13.0. The number of amides is 1. The third-order valence-corrected chi connectivity index (χ3v) is 4.07. The van der Waals surface area contributed by atoms with E-state index in [1.165, 1.54) is 6.07 Å². The number of halogens is 4. The molecule has 8 heteroatoms. The highest BCUT2D eigenvalue weighted by atomic mass is 35.5. The highest BCUT2D eigenvalue weighted by Gasteiger charge is 2.34. The van der Waals surface area contributed by atoms with Gasteiger partial charge in [-0.05, 0) is 36.6 Å². The Hall–Kier alpha value is -2.54. The van der Waals surface area contributed by atoms with Crippen LogP contribution in [0.1, 0.15) is 36.8 Å². The Balaban J connectivity index is 1.72. The molecule has 150 valence electrons. The van der Waals surface area contributed by atoms with Gasteiger partial charge in [-0.3, -0.25) is 9.59 Å². The number of ether oxygens (including phenoxy) is 1. The van der Waals surface area contributed by atoms with E-state index < -0.39 is 17.6 Å². The van der Waals surface area contributed by atoms with Crippen molar-refractivity contribution < 1.29 is 27.5 Å². The van der Waals surface area contributed by atoms with Crippen molar-refractivity contribution in [1.82, 2.24) is 0 Å². The van der Waals surface area contributed by atoms with Crippen molar-refractivity contribution >= 4 is 29.2 Å². The van der Waals surface area contributed by atoms with E-state index >= 15 is 0 Å². The van der Waals surface area contributed by atoms with Gasteiger partial charge in [0.15, 0.2) is 0 Å². The fourth-order valence-corrected chi connectivity index (χ4v) is 2.61. The lowest BCUT2D eigenvalue weighted by atomic mass is 10.1. The predicted octanol–water partition coefficient (Wildman–Crippen LogP) is 5.60.